The van der Waals surface area contributed by atoms with Crippen LogP contribution in [0.3, 0.4) is 0 Å². The molecule has 0 aromatic heterocycles. The third kappa shape index (κ3) is 2.72. The van der Waals surface area contributed by atoms with Gasteiger partial charge in [0.25, 0.3) is 5.69 Å². The van der Waals surface area contributed by atoms with Crippen molar-refractivity contribution in [3.63, 3.8) is 0 Å². The number of nitro groups is 1. The molecule has 0 spiro atoms. The van der Waals surface area contributed by atoms with Gasteiger partial charge in [-0.3, -0.25) is 10.1 Å². The average molecular weight is 280 g/mol. The molecule has 0 saturated carbocycles. The number of nitro benzene ring substituents is 1. The number of hydrogen-bond donors (Lipinski definition) is 2. The van der Waals surface area contributed by atoms with Crippen LogP contribution in [0.4, 0.5) is 11.4 Å². The second-order valence-corrected chi connectivity index (χ2v) is 4.85. The maximum atomic E-state index is 11.3. The molecule has 1 heterocycles. The summed E-state index contributed by atoms with van der Waals surface area (Å²) in [7, 11) is 0. The number of aliphatic hydroxyl groups excluding tert-OH is 1. The standard InChI is InChI=1S/C13H16N2O5/c16-8-9-4-6-14(7-5-9)12-10(13(17)18)2-1-3-11(12)15(19)20/h1-3,9,16H,4-8H2,(H,17,18). The molecule has 0 unspecified atom stereocenters. The molecule has 2 N–H and O–H groups in total. The summed E-state index contributed by atoms with van der Waals surface area (Å²) in [5, 5.41) is 29.4. The molecule has 0 bridgehead atoms. The number of anilines is 1. The summed E-state index contributed by atoms with van der Waals surface area (Å²) in [4.78, 5) is 23.6. The lowest BCUT2D eigenvalue weighted by Gasteiger charge is -2.33. The van der Waals surface area contributed by atoms with Crippen LogP contribution in [0.1, 0.15) is 23.2 Å². The summed E-state index contributed by atoms with van der Waals surface area (Å²) in [5.41, 5.74) is -0.0737. The normalized spacial score (nSPS) is 16.1. The molecule has 1 aromatic rings. The summed E-state index contributed by atoms with van der Waals surface area (Å²) in [6, 6.07) is 4.08. The van der Waals surface area contributed by atoms with E-state index in [0.717, 1.165) is 0 Å². The SMILES string of the molecule is O=C(O)c1cccc([N+](=O)[O-])c1N1CCC(CO)CC1. The number of nitrogens with zero attached hydrogens (tertiary/aromatic N) is 2. The first kappa shape index (κ1) is 14.3. The van der Waals surface area contributed by atoms with E-state index in [1.807, 2.05) is 0 Å². The van der Waals surface area contributed by atoms with E-state index in [9.17, 15) is 20.0 Å². The molecule has 1 aliphatic rings. The minimum atomic E-state index is -1.17. The van der Waals surface area contributed by atoms with Gasteiger partial charge in [0.15, 0.2) is 0 Å². The number of para-hydroxylation sites is 1. The molecule has 1 aromatic carbocycles. The Morgan fingerprint density at radius 1 is 1.40 bits per heavy atom. The molecular weight excluding hydrogens is 264 g/mol. The minimum Gasteiger partial charge on any atom is -0.478 e. The first-order chi connectivity index (χ1) is 9.54. The lowest BCUT2D eigenvalue weighted by Crippen LogP contribution is -2.36. The Bertz CT molecular complexity index is 491. The van der Waals surface area contributed by atoms with Crippen molar-refractivity contribution >= 4 is 17.3 Å². The van der Waals surface area contributed by atoms with Gasteiger partial charge in [-0.1, -0.05) is 6.07 Å². The third-order valence-corrected chi connectivity index (χ3v) is 3.63. The Morgan fingerprint density at radius 2 is 2.05 bits per heavy atom. The smallest absolute Gasteiger partial charge is 0.338 e. The highest BCUT2D eigenvalue weighted by atomic mass is 16.6. The van der Waals surface area contributed by atoms with Gasteiger partial charge in [0, 0.05) is 25.8 Å². The summed E-state index contributed by atoms with van der Waals surface area (Å²) in [6.07, 6.45) is 1.39. The second kappa shape index (κ2) is 5.87. The maximum absolute atomic E-state index is 11.3. The Balaban J connectivity index is 2.38. The molecule has 2 rings (SSSR count). The molecule has 20 heavy (non-hydrogen) atoms. The van der Waals surface area contributed by atoms with E-state index in [2.05, 4.69) is 0 Å². The number of carboxylic acids is 1. The van der Waals surface area contributed by atoms with Gasteiger partial charge in [0.2, 0.25) is 0 Å². The summed E-state index contributed by atoms with van der Waals surface area (Å²) < 4.78 is 0. The van der Waals surface area contributed by atoms with E-state index >= 15 is 0 Å². The van der Waals surface area contributed by atoms with Gasteiger partial charge in [-0.15, -0.1) is 0 Å². The Morgan fingerprint density at radius 3 is 2.55 bits per heavy atom. The van der Waals surface area contributed by atoms with Crippen molar-refractivity contribution < 1.29 is 19.9 Å². The summed E-state index contributed by atoms with van der Waals surface area (Å²) >= 11 is 0. The largest absolute Gasteiger partial charge is 0.478 e. The predicted molar refractivity (Wildman–Crippen MR) is 72.1 cm³/mol. The van der Waals surface area contributed by atoms with Gasteiger partial charge in [-0.25, -0.2) is 4.79 Å². The highest BCUT2D eigenvalue weighted by Gasteiger charge is 2.29. The Hall–Kier alpha value is -2.15. The number of hydrogen-bond acceptors (Lipinski definition) is 5. The Kier molecular flexibility index (Phi) is 4.19. The number of carbonyl (C=O) groups is 1. The molecule has 1 saturated heterocycles. The van der Waals surface area contributed by atoms with E-state index in [-0.39, 0.29) is 29.5 Å². The lowest BCUT2D eigenvalue weighted by atomic mass is 9.96. The van der Waals surface area contributed by atoms with Crippen LogP contribution in [0.2, 0.25) is 0 Å². The number of carboxylic acid groups (broad SMARTS) is 1. The zero-order valence-electron chi connectivity index (χ0n) is 10.9. The van der Waals surface area contributed by atoms with Crippen LogP contribution in [-0.2, 0) is 0 Å². The molecule has 7 heteroatoms. The van der Waals surface area contributed by atoms with Crippen LogP contribution in [0.25, 0.3) is 0 Å². The van der Waals surface area contributed by atoms with Crippen molar-refractivity contribution in [2.45, 2.75) is 12.8 Å². The van der Waals surface area contributed by atoms with Crippen LogP contribution >= 0.6 is 0 Å². The van der Waals surface area contributed by atoms with E-state index in [1.54, 1.807) is 4.90 Å². The molecule has 0 atom stereocenters. The average Bonchev–Trinajstić information content (AvgIpc) is 2.46. The minimum absolute atomic E-state index is 0.0540. The van der Waals surface area contributed by atoms with Crippen molar-refractivity contribution in [2.24, 2.45) is 5.92 Å². The van der Waals surface area contributed by atoms with E-state index in [4.69, 9.17) is 5.11 Å². The fourth-order valence-corrected chi connectivity index (χ4v) is 2.52. The molecule has 0 radical (unpaired) electrons. The fourth-order valence-electron chi connectivity index (χ4n) is 2.52. The lowest BCUT2D eigenvalue weighted by molar-refractivity contribution is -0.384. The number of benzene rings is 1. The Labute approximate surface area is 115 Å². The van der Waals surface area contributed by atoms with Gasteiger partial charge in [0.05, 0.1) is 10.5 Å². The summed E-state index contributed by atoms with van der Waals surface area (Å²) in [6.45, 7) is 1.11. The molecule has 1 aliphatic heterocycles. The first-order valence-corrected chi connectivity index (χ1v) is 6.41. The van der Waals surface area contributed by atoms with Crippen LogP contribution in [0.15, 0.2) is 18.2 Å². The van der Waals surface area contributed by atoms with Crippen LogP contribution in [0, 0.1) is 16.0 Å². The van der Waals surface area contributed by atoms with E-state index < -0.39 is 10.9 Å². The predicted octanol–water partition coefficient (Wildman–Crippen LogP) is 1.50. The van der Waals surface area contributed by atoms with Gasteiger partial charge >= 0.3 is 5.97 Å². The second-order valence-electron chi connectivity index (χ2n) is 4.85. The summed E-state index contributed by atoms with van der Waals surface area (Å²) in [5.74, 6) is -0.990. The van der Waals surface area contributed by atoms with Gasteiger partial charge in [-0.05, 0) is 24.8 Å². The van der Waals surface area contributed by atoms with Crippen molar-refractivity contribution in [1.82, 2.24) is 0 Å². The van der Waals surface area contributed by atoms with Crippen molar-refractivity contribution in [3.8, 4) is 0 Å². The van der Waals surface area contributed by atoms with Crippen molar-refractivity contribution in [2.75, 3.05) is 24.6 Å². The third-order valence-electron chi connectivity index (χ3n) is 3.63. The molecule has 0 aliphatic carbocycles. The van der Waals surface area contributed by atoms with Crippen molar-refractivity contribution in [1.29, 1.82) is 0 Å². The zero-order valence-corrected chi connectivity index (χ0v) is 10.9. The number of aliphatic hydroxyl groups is 1. The molecule has 7 nitrogen and oxygen atoms in total. The van der Waals surface area contributed by atoms with Gasteiger partial charge < -0.3 is 15.1 Å². The van der Waals surface area contributed by atoms with Gasteiger partial charge in [0.1, 0.15) is 5.69 Å². The highest BCUT2D eigenvalue weighted by molar-refractivity contribution is 5.97. The van der Waals surface area contributed by atoms with E-state index in [0.29, 0.717) is 25.9 Å². The molecule has 0 amide bonds. The van der Waals surface area contributed by atoms with E-state index in [1.165, 1.54) is 18.2 Å². The van der Waals surface area contributed by atoms with Crippen LogP contribution in [-0.4, -0.2) is 40.8 Å². The zero-order chi connectivity index (χ0) is 14.7. The fraction of sp³-hybridized carbons (Fsp3) is 0.462. The maximum Gasteiger partial charge on any atom is 0.338 e. The monoisotopic (exact) mass is 280 g/mol. The number of rotatable bonds is 4. The van der Waals surface area contributed by atoms with Crippen LogP contribution in [0.5, 0.6) is 0 Å². The number of aromatic carboxylic acids is 1. The quantitative estimate of drug-likeness (QED) is 0.639. The highest BCUT2D eigenvalue weighted by Crippen LogP contribution is 2.34. The first-order valence-electron chi connectivity index (χ1n) is 6.41. The molecular formula is C13H16N2O5. The molecule has 1 fully saturated rings. The van der Waals surface area contributed by atoms with Crippen LogP contribution < -0.4 is 4.90 Å². The topological polar surface area (TPSA) is 104 Å². The number of piperidine rings is 1. The van der Waals surface area contributed by atoms with Crippen molar-refractivity contribution in [3.05, 3.63) is 33.9 Å². The molecule has 108 valence electrons. The van der Waals surface area contributed by atoms with Gasteiger partial charge in [-0.2, -0.15) is 0 Å².